The molecule has 0 fully saturated rings. The van der Waals surface area contributed by atoms with Crippen LogP contribution >= 0.6 is 34.0 Å². The maximum Gasteiger partial charge on any atom is 0.167 e. The van der Waals surface area contributed by atoms with E-state index in [1.807, 2.05) is 23.2 Å². The van der Waals surface area contributed by atoms with E-state index in [9.17, 15) is 0 Å². The van der Waals surface area contributed by atoms with E-state index in [1.54, 1.807) is 34.0 Å². The maximum atomic E-state index is 4.46. The molecular formula is C21H14N6S3. The Hall–Kier alpha value is -3.14. The van der Waals surface area contributed by atoms with Gasteiger partial charge in [-0.3, -0.25) is 0 Å². The topological polar surface area (TPSA) is 75.6 Å². The van der Waals surface area contributed by atoms with Crippen molar-refractivity contribution in [2.75, 3.05) is 10.6 Å². The Balaban J connectivity index is 1.27. The first-order valence-electron chi connectivity index (χ1n) is 9.24. The number of hydrogen-bond acceptors (Lipinski definition) is 9. The van der Waals surface area contributed by atoms with Crippen molar-refractivity contribution >= 4 is 81.9 Å². The van der Waals surface area contributed by atoms with Crippen LogP contribution in [-0.2, 0) is 6.54 Å². The van der Waals surface area contributed by atoms with Crippen LogP contribution < -0.4 is 10.6 Å². The number of benzene rings is 2. The lowest BCUT2D eigenvalue weighted by Crippen LogP contribution is -2.04. The van der Waals surface area contributed by atoms with Gasteiger partial charge in [-0.25, -0.2) is 9.97 Å². The Morgan fingerprint density at radius 3 is 2.60 bits per heavy atom. The van der Waals surface area contributed by atoms with Crippen LogP contribution in [0, 0.1) is 0 Å². The van der Waals surface area contributed by atoms with Crippen LogP contribution in [0.1, 0.15) is 5.56 Å². The average Bonchev–Trinajstić information content (AvgIpc) is 3.52. The zero-order chi connectivity index (χ0) is 19.9. The normalized spacial score (nSPS) is 11.5. The van der Waals surface area contributed by atoms with Crippen molar-refractivity contribution in [2.45, 2.75) is 6.54 Å². The number of rotatable bonds is 5. The zero-order valence-electron chi connectivity index (χ0n) is 15.5. The van der Waals surface area contributed by atoms with E-state index in [2.05, 4.69) is 66.5 Å². The number of thiazole rings is 2. The van der Waals surface area contributed by atoms with E-state index in [-0.39, 0.29) is 0 Å². The predicted molar refractivity (Wildman–Crippen MR) is 127 cm³/mol. The monoisotopic (exact) mass is 446 g/mol. The van der Waals surface area contributed by atoms with Gasteiger partial charge in [0, 0.05) is 17.6 Å². The summed E-state index contributed by atoms with van der Waals surface area (Å²) in [5.41, 5.74) is 7.90. The van der Waals surface area contributed by atoms with E-state index in [4.69, 9.17) is 0 Å². The third-order valence-corrected chi connectivity index (χ3v) is 7.36. The summed E-state index contributed by atoms with van der Waals surface area (Å²) in [6.45, 7) is 0.683. The minimum atomic E-state index is 0.683. The van der Waals surface area contributed by atoms with Gasteiger partial charge in [-0.2, -0.15) is 0 Å². The lowest BCUT2D eigenvalue weighted by Gasteiger charge is -2.10. The summed E-state index contributed by atoms with van der Waals surface area (Å²) >= 11 is 4.95. The van der Waals surface area contributed by atoms with Crippen molar-refractivity contribution in [3.05, 3.63) is 64.4 Å². The van der Waals surface area contributed by atoms with Gasteiger partial charge >= 0.3 is 0 Å². The second-order valence-corrected chi connectivity index (χ2v) is 9.42. The highest BCUT2D eigenvalue weighted by atomic mass is 32.1. The minimum Gasteiger partial charge on any atom is -0.363 e. The summed E-state index contributed by atoms with van der Waals surface area (Å²) in [5, 5.41) is 18.9. The molecule has 2 aromatic carbocycles. The standard InChI is InChI=1S/C21H14N6S3/c1-3-15-18(30-10-23-15)7-12(1)9-22-21-19-14(5-6-28-19)20(26-27-21)25-13-2-4-17-16(8-13)24-11-29-17/h1-8,10-11H,9H2,(H,22,27)(H,25,26). The molecule has 0 aliphatic heterocycles. The van der Waals surface area contributed by atoms with E-state index < -0.39 is 0 Å². The summed E-state index contributed by atoms with van der Waals surface area (Å²) in [4.78, 5) is 8.72. The lowest BCUT2D eigenvalue weighted by atomic mass is 10.2. The van der Waals surface area contributed by atoms with Crippen molar-refractivity contribution in [3.63, 3.8) is 0 Å². The Labute approximate surface area is 183 Å². The predicted octanol–water partition coefficient (Wildman–Crippen LogP) is 6.27. The smallest absolute Gasteiger partial charge is 0.167 e. The molecule has 0 spiro atoms. The second kappa shape index (κ2) is 7.28. The van der Waals surface area contributed by atoms with Gasteiger partial charge in [-0.1, -0.05) is 6.07 Å². The molecule has 0 aliphatic rings. The van der Waals surface area contributed by atoms with Gasteiger partial charge in [0.2, 0.25) is 0 Å². The summed E-state index contributed by atoms with van der Waals surface area (Å²) in [5.74, 6) is 1.54. The number of aromatic nitrogens is 4. The van der Waals surface area contributed by atoms with Crippen molar-refractivity contribution in [2.24, 2.45) is 0 Å². The van der Waals surface area contributed by atoms with Gasteiger partial charge in [0.25, 0.3) is 0 Å². The fraction of sp³-hybridized carbons (Fsp3) is 0.0476. The van der Waals surface area contributed by atoms with Gasteiger partial charge in [0.05, 0.1) is 36.2 Å². The molecule has 0 amide bonds. The molecule has 146 valence electrons. The van der Waals surface area contributed by atoms with Crippen molar-refractivity contribution in [3.8, 4) is 0 Å². The largest absolute Gasteiger partial charge is 0.363 e. The molecule has 0 aliphatic carbocycles. The minimum absolute atomic E-state index is 0.683. The van der Waals surface area contributed by atoms with Gasteiger partial charge in [0.15, 0.2) is 11.6 Å². The first-order valence-corrected chi connectivity index (χ1v) is 11.9. The van der Waals surface area contributed by atoms with Crippen LogP contribution in [0.5, 0.6) is 0 Å². The van der Waals surface area contributed by atoms with E-state index >= 15 is 0 Å². The van der Waals surface area contributed by atoms with E-state index in [0.29, 0.717) is 6.54 Å². The fourth-order valence-corrected chi connectivity index (χ4v) is 5.61. The van der Waals surface area contributed by atoms with E-state index in [0.717, 1.165) is 38.4 Å². The molecule has 30 heavy (non-hydrogen) atoms. The highest BCUT2D eigenvalue weighted by molar-refractivity contribution is 7.18. The summed E-state index contributed by atoms with van der Waals surface area (Å²) in [7, 11) is 0. The molecule has 6 rings (SSSR count). The molecule has 2 N–H and O–H groups in total. The number of nitrogens with zero attached hydrogens (tertiary/aromatic N) is 4. The molecule has 0 atom stereocenters. The Morgan fingerprint density at radius 1 is 0.767 bits per heavy atom. The maximum absolute atomic E-state index is 4.46. The van der Waals surface area contributed by atoms with Crippen LogP contribution in [0.2, 0.25) is 0 Å². The molecule has 6 aromatic rings. The van der Waals surface area contributed by atoms with Crippen molar-refractivity contribution < 1.29 is 0 Å². The van der Waals surface area contributed by atoms with Crippen LogP contribution in [0.4, 0.5) is 17.3 Å². The number of nitrogens with one attached hydrogen (secondary N) is 2. The molecule has 0 saturated heterocycles. The van der Waals surface area contributed by atoms with Gasteiger partial charge < -0.3 is 10.6 Å². The van der Waals surface area contributed by atoms with Gasteiger partial charge in [-0.15, -0.1) is 44.2 Å². The highest BCUT2D eigenvalue weighted by Crippen LogP contribution is 2.33. The molecule has 0 radical (unpaired) electrons. The molecular weight excluding hydrogens is 432 g/mol. The molecule has 0 unspecified atom stereocenters. The molecule has 0 saturated carbocycles. The van der Waals surface area contributed by atoms with E-state index in [1.165, 1.54) is 15.0 Å². The van der Waals surface area contributed by atoms with Crippen LogP contribution in [-0.4, -0.2) is 20.2 Å². The van der Waals surface area contributed by atoms with Gasteiger partial charge in [0.1, 0.15) is 0 Å². The Bertz CT molecular complexity index is 1500. The Kier molecular flexibility index (Phi) is 4.29. The third kappa shape index (κ3) is 3.17. The SMILES string of the molecule is c1nc2cc(Nc3nnc(NCc4ccc5ncsc5c4)c4sccc34)ccc2s1. The molecule has 6 nitrogen and oxygen atoms in total. The van der Waals surface area contributed by atoms with Crippen molar-refractivity contribution in [1.29, 1.82) is 0 Å². The number of fused-ring (bicyclic) bond motifs is 3. The van der Waals surface area contributed by atoms with Gasteiger partial charge in [-0.05, 0) is 47.3 Å². The second-order valence-electron chi connectivity index (χ2n) is 6.73. The van der Waals surface area contributed by atoms with Crippen LogP contribution in [0.15, 0.2) is 58.9 Å². The molecule has 0 bridgehead atoms. The fourth-order valence-electron chi connectivity index (χ4n) is 3.35. The number of anilines is 3. The first-order chi connectivity index (χ1) is 14.8. The number of thiophene rings is 1. The highest BCUT2D eigenvalue weighted by Gasteiger charge is 2.12. The average molecular weight is 447 g/mol. The molecule has 4 heterocycles. The summed E-state index contributed by atoms with van der Waals surface area (Å²) < 4.78 is 3.45. The first kappa shape index (κ1) is 17.7. The van der Waals surface area contributed by atoms with Crippen LogP contribution in [0.25, 0.3) is 30.5 Å². The summed E-state index contributed by atoms with van der Waals surface area (Å²) in [6.07, 6.45) is 0. The lowest BCUT2D eigenvalue weighted by molar-refractivity contribution is 1.02. The Morgan fingerprint density at radius 2 is 1.63 bits per heavy atom. The number of hydrogen-bond donors (Lipinski definition) is 2. The van der Waals surface area contributed by atoms with Crippen LogP contribution in [0.3, 0.4) is 0 Å². The quantitative estimate of drug-likeness (QED) is 0.325. The zero-order valence-corrected chi connectivity index (χ0v) is 17.9. The third-order valence-electron chi connectivity index (χ3n) is 4.83. The molecule has 4 aromatic heterocycles. The van der Waals surface area contributed by atoms with Crippen molar-refractivity contribution in [1.82, 2.24) is 20.2 Å². The molecule has 9 heteroatoms. The summed E-state index contributed by atoms with van der Waals surface area (Å²) in [6, 6.07) is 14.6.